The van der Waals surface area contributed by atoms with Crippen LogP contribution < -0.4 is 0 Å². The summed E-state index contributed by atoms with van der Waals surface area (Å²) in [5.41, 5.74) is 0.594. The van der Waals surface area contributed by atoms with Crippen molar-refractivity contribution in [2.24, 2.45) is 11.8 Å². The fourth-order valence-electron chi connectivity index (χ4n) is 2.39. The Kier molecular flexibility index (Phi) is 1.75. The number of aromatic hydroxyl groups is 1. The van der Waals surface area contributed by atoms with E-state index in [-0.39, 0.29) is 11.7 Å². The van der Waals surface area contributed by atoms with Crippen molar-refractivity contribution < 1.29 is 9.90 Å². The molecule has 1 amide bonds. The number of hydrogen-bond acceptors (Lipinski definition) is 2. The highest BCUT2D eigenvalue weighted by Crippen LogP contribution is 2.45. The lowest BCUT2D eigenvalue weighted by molar-refractivity contribution is 0.0775. The SMILES string of the molecule is O=C(c1cccc(O)c1)N1CC2CC2C1. The van der Waals surface area contributed by atoms with Crippen LogP contribution in [0.1, 0.15) is 16.8 Å². The summed E-state index contributed by atoms with van der Waals surface area (Å²) >= 11 is 0. The van der Waals surface area contributed by atoms with Crippen molar-refractivity contribution in [2.45, 2.75) is 6.42 Å². The van der Waals surface area contributed by atoms with E-state index in [1.54, 1.807) is 18.2 Å². The Bertz CT molecular complexity index is 406. The average molecular weight is 203 g/mol. The molecule has 1 heterocycles. The molecule has 0 spiro atoms. The molecule has 0 radical (unpaired) electrons. The molecule has 3 nitrogen and oxygen atoms in total. The van der Waals surface area contributed by atoms with Gasteiger partial charge in [0.05, 0.1) is 0 Å². The van der Waals surface area contributed by atoms with Gasteiger partial charge in [-0.15, -0.1) is 0 Å². The van der Waals surface area contributed by atoms with Crippen molar-refractivity contribution in [1.29, 1.82) is 0 Å². The van der Waals surface area contributed by atoms with Gasteiger partial charge in [-0.3, -0.25) is 4.79 Å². The lowest BCUT2D eigenvalue weighted by Crippen LogP contribution is -2.30. The largest absolute Gasteiger partial charge is 0.508 e. The Labute approximate surface area is 88.3 Å². The molecule has 2 fully saturated rings. The number of rotatable bonds is 1. The number of carbonyl (C=O) groups excluding carboxylic acids is 1. The van der Waals surface area contributed by atoms with E-state index in [9.17, 15) is 9.90 Å². The summed E-state index contributed by atoms with van der Waals surface area (Å²) in [6, 6.07) is 6.58. The van der Waals surface area contributed by atoms with Crippen LogP contribution in [-0.2, 0) is 0 Å². The summed E-state index contributed by atoms with van der Waals surface area (Å²) < 4.78 is 0. The van der Waals surface area contributed by atoms with Gasteiger partial charge in [0, 0.05) is 18.7 Å². The second-order valence-corrected chi connectivity index (χ2v) is 4.52. The molecule has 1 aromatic rings. The van der Waals surface area contributed by atoms with E-state index in [1.807, 2.05) is 4.90 Å². The van der Waals surface area contributed by atoms with Crippen molar-refractivity contribution in [2.75, 3.05) is 13.1 Å². The normalized spacial score (nSPS) is 27.6. The van der Waals surface area contributed by atoms with Gasteiger partial charge >= 0.3 is 0 Å². The van der Waals surface area contributed by atoms with E-state index in [4.69, 9.17) is 0 Å². The van der Waals surface area contributed by atoms with Crippen LogP contribution in [0.15, 0.2) is 24.3 Å². The number of fused-ring (bicyclic) bond motifs is 1. The van der Waals surface area contributed by atoms with E-state index < -0.39 is 0 Å². The monoisotopic (exact) mass is 203 g/mol. The van der Waals surface area contributed by atoms with Gasteiger partial charge in [0.1, 0.15) is 5.75 Å². The highest BCUT2D eigenvalue weighted by molar-refractivity contribution is 5.94. The van der Waals surface area contributed by atoms with Crippen LogP contribution in [0.5, 0.6) is 5.75 Å². The van der Waals surface area contributed by atoms with Crippen LogP contribution in [0.4, 0.5) is 0 Å². The smallest absolute Gasteiger partial charge is 0.254 e. The number of carbonyl (C=O) groups is 1. The maximum atomic E-state index is 12.0. The van der Waals surface area contributed by atoms with Crippen LogP contribution in [0, 0.1) is 11.8 Å². The number of likely N-dealkylation sites (tertiary alicyclic amines) is 1. The van der Waals surface area contributed by atoms with Crippen molar-refractivity contribution in [3.8, 4) is 5.75 Å². The van der Waals surface area contributed by atoms with Crippen molar-refractivity contribution >= 4 is 5.91 Å². The second kappa shape index (κ2) is 2.99. The summed E-state index contributed by atoms with van der Waals surface area (Å²) in [6.45, 7) is 1.80. The van der Waals surface area contributed by atoms with E-state index in [0.717, 1.165) is 24.9 Å². The maximum absolute atomic E-state index is 12.0. The third kappa shape index (κ3) is 1.48. The number of nitrogens with zero attached hydrogens (tertiary/aromatic N) is 1. The molecule has 1 aromatic carbocycles. The van der Waals surface area contributed by atoms with Crippen molar-refractivity contribution in [1.82, 2.24) is 4.90 Å². The zero-order chi connectivity index (χ0) is 10.4. The molecular formula is C12H13NO2. The first-order chi connectivity index (χ1) is 7.24. The summed E-state index contributed by atoms with van der Waals surface area (Å²) in [4.78, 5) is 13.9. The van der Waals surface area contributed by atoms with Crippen LogP contribution in [0.25, 0.3) is 0 Å². The highest BCUT2D eigenvalue weighted by Gasteiger charge is 2.46. The Morgan fingerprint density at radius 2 is 2.07 bits per heavy atom. The Morgan fingerprint density at radius 3 is 2.73 bits per heavy atom. The van der Waals surface area contributed by atoms with Crippen molar-refractivity contribution in [3.63, 3.8) is 0 Å². The summed E-state index contributed by atoms with van der Waals surface area (Å²) in [6.07, 6.45) is 1.30. The summed E-state index contributed by atoms with van der Waals surface area (Å²) in [5.74, 6) is 1.72. The fraction of sp³-hybridized carbons (Fsp3) is 0.417. The molecule has 1 aliphatic heterocycles. The first-order valence-corrected chi connectivity index (χ1v) is 5.32. The Morgan fingerprint density at radius 1 is 1.33 bits per heavy atom. The van der Waals surface area contributed by atoms with E-state index in [0.29, 0.717) is 5.56 Å². The second-order valence-electron chi connectivity index (χ2n) is 4.52. The Hall–Kier alpha value is -1.51. The van der Waals surface area contributed by atoms with Crippen LogP contribution >= 0.6 is 0 Å². The zero-order valence-corrected chi connectivity index (χ0v) is 8.39. The molecule has 0 bridgehead atoms. The maximum Gasteiger partial charge on any atom is 0.254 e. The molecule has 3 rings (SSSR count). The minimum absolute atomic E-state index is 0.0538. The molecule has 1 aliphatic carbocycles. The number of phenolic OH excluding ortho intramolecular Hbond substituents is 1. The molecule has 1 saturated heterocycles. The van der Waals surface area contributed by atoms with E-state index in [1.165, 1.54) is 12.5 Å². The quantitative estimate of drug-likeness (QED) is 0.751. The molecule has 2 atom stereocenters. The number of phenols is 1. The third-order valence-electron chi connectivity index (χ3n) is 3.36. The number of hydrogen-bond donors (Lipinski definition) is 1. The minimum atomic E-state index is 0.0538. The number of benzene rings is 1. The summed E-state index contributed by atoms with van der Waals surface area (Å²) in [7, 11) is 0. The molecule has 1 saturated carbocycles. The zero-order valence-electron chi connectivity index (χ0n) is 8.39. The highest BCUT2D eigenvalue weighted by atomic mass is 16.3. The van der Waals surface area contributed by atoms with Crippen molar-refractivity contribution in [3.05, 3.63) is 29.8 Å². The predicted octanol–water partition coefficient (Wildman–Crippen LogP) is 1.48. The van der Waals surface area contributed by atoms with Gasteiger partial charge in [0.15, 0.2) is 0 Å². The molecule has 78 valence electrons. The average Bonchev–Trinajstić information content (AvgIpc) is 2.85. The van der Waals surface area contributed by atoms with Crippen LogP contribution in [0.3, 0.4) is 0 Å². The Balaban J connectivity index is 1.79. The predicted molar refractivity (Wildman–Crippen MR) is 55.6 cm³/mol. The first kappa shape index (κ1) is 8.77. The van der Waals surface area contributed by atoms with E-state index >= 15 is 0 Å². The molecule has 0 aromatic heterocycles. The van der Waals surface area contributed by atoms with Gasteiger partial charge in [-0.1, -0.05) is 6.07 Å². The van der Waals surface area contributed by atoms with Crippen LogP contribution in [0.2, 0.25) is 0 Å². The minimum Gasteiger partial charge on any atom is -0.508 e. The molecule has 3 heteroatoms. The number of piperidine rings is 1. The summed E-state index contributed by atoms with van der Waals surface area (Å²) in [5, 5.41) is 9.29. The lowest BCUT2D eigenvalue weighted by atomic mass is 10.2. The lowest BCUT2D eigenvalue weighted by Gasteiger charge is -2.17. The fourth-order valence-corrected chi connectivity index (χ4v) is 2.39. The van der Waals surface area contributed by atoms with Gasteiger partial charge in [-0.25, -0.2) is 0 Å². The number of amides is 1. The third-order valence-corrected chi connectivity index (χ3v) is 3.36. The van der Waals surface area contributed by atoms with Gasteiger partial charge < -0.3 is 10.0 Å². The van der Waals surface area contributed by atoms with Gasteiger partial charge in [-0.05, 0) is 36.5 Å². The van der Waals surface area contributed by atoms with Gasteiger partial charge in [-0.2, -0.15) is 0 Å². The topological polar surface area (TPSA) is 40.5 Å². The standard InChI is InChI=1S/C12H13NO2/c14-11-3-1-2-8(5-11)12(15)13-6-9-4-10(9)7-13/h1-3,5,9-10,14H,4,6-7H2. The van der Waals surface area contributed by atoms with E-state index in [2.05, 4.69) is 0 Å². The van der Waals surface area contributed by atoms with Gasteiger partial charge in [0.2, 0.25) is 0 Å². The molecular weight excluding hydrogens is 190 g/mol. The molecule has 2 aliphatic rings. The van der Waals surface area contributed by atoms with Crippen LogP contribution in [-0.4, -0.2) is 29.0 Å². The van der Waals surface area contributed by atoms with Gasteiger partial charge in [0.25, 0.3) is 5.91 Å². The molecule has 2 unspecified atom stereocenters. The molecule has 1 N–H and O–H groups in total. The molecule has 15 heavy (non-hydrogen) atoms. The first-order valence-electron chi connectivity index (χ1n) is 5.32.